The minimum atomic E-state index is -0.177. The van der Waals surface area contributed by atoms with Crippen molar-refractivity contribution in [3.8, 4) is 22.6 Å². The number of hydrogen-bond donors (Lipinski definition) is 1. The first-order valence-electron chi connectivity index (χ1n) is 11.4. The molecule has 0 bridgehead atoms. The minimum absolute atomic E-state index is 0.0714. The molecular formula is C27H27N3O4. The van der Waals surface area contributed by atoms with E-state index < -0.39 is 0 Å². The molecule has 0 radical (unpaired) electrons. The molecule has 2 aliphatic rings. The van der Waals surface area contributed by atoms with Crippen LogP contribution in [0.4, 0.5) is 0 Å². The van der Waals surface area contributed by atoms with Crippen molar-refractivity contribution in [3.63, 3.8) is 0 Å². The maximum Gasteiger partial charge on any atom is 0.253 e. The Morgan fingerprint density at radius 3 is 2.38 bits per heavy atom. The summed E-state index contributed by atoms with van der Waals surface area (Å²) in [5.74, 6) is 1.13. The van der Waals surface area contributed by atoms with Crippen molar-refractivity contribution in [3.05, 3.63) is 83.4 Å². The number of likely N-dealkylation sites (N-methyl/N-ethyl adjacent to an activating group) is 1. The van der Waals surface area contributed by atoms with Gasteiger partial charge in [-0.2, -0.15) is 0 Å². The fraction of sp³-hybridized carbons (Fsp3) is 0.259. The molecule has 1 saturated heterocycles. The zero-order valence-corrected chi connectivity index (χ0v) is 19.1. The quantitative estimate of drug-likeness (QED) is 0.636. The summed E-state index contributed by atoms with van der Waals surface area (Å²) in [7, 11) is 2.08. The number of nitrogens with one attached hydrogen (secondary N) is 1. The molecule has 0 spiro atoms. The molecule has 2 heterocycles. The maximum atomic E-state index is 13.0. The van der Waals surface area contributed by atoms with Crippen molar-refractivity contribution in [1.82, 2.24) is 15.1 Å². The van der Waals surface area contributed by atoms with Gasteiger partial charge in [0.05, 0.1) is 0 Å². The number of fused-ring (bicyclic) bond motifs is 1. The second-order valence-electron chi connectivity index (χ2n) is 8.63. The predicted molar refractivity (Wildman–Crippen MR) is 129 cm³/mol. The molecule has 0 aromatic heterocycles. The summed E-state index contributed by atoms with van der Waals surface area (Å²) < 4.78 is 10.7. The van der Waals surface area contributed by atoms with Gasteiger partial charge in [-0.3, -0.25) is 9.59 Å². The van der Waals surface area contributed by atoms with E-state index in [1.54, 1.807) is 18.2 Å². The zero-order chi connectivity index (χ0) is 23.5. The Kier molecular flexibility index (Phi) is 6.18. The Hall–Kier alpha value is -3.84. The number of hydrogen-bond acceptors (Lipinski definition) is 5. The molecule has 0 saturated carbocycles. The van der Waals surface area contributed by atoms with Gasteiger partial charge in [0.2, 0.25) is 6.79 Å². The lowest BCUT2D eigenvalue weighted by Gasteiger charge is -2.32. The van der Waals surface area contributed by atoms with Gasteiger partial charge in [-0.25, -0.2) is 0 Å². The van der Waals surface area contributed by atoms with Crippen LogP contribution in [0.3, 0.4) is 0 Å². The van der Waals surface area contributed by atoms with E-state index in [-0.39, 0.29) is 18.6 Å². The maximum absolute atomic E-state index is 13.0. The number of piperazine rings is 1. The molecule has 34 heavy (non-hydrogen) atoms. The van der Waals surface area contributed by atoms with E-state index in [0.717, 1.165) is 42.9 Å². The third kappa shape index (κ3) is 4.75. The molecule has 1 N–H and O–H groups in total. The van der Waals surface area contributed by atoms with Gasteiger partial charge in [0.1, 0.15) is 0 Å². The van der Waals surface area contributed by atoms with Gasteiger partial charge >= 0.3 is 0 Å². The van der Waals surface area contributed by atoms with E-state index in [0.29, 0.717) is 29.2 Å². The van der Waals surface area contributed by atoms with Gasteiger partial charge in [0, 0.05) is 43.9 Å². The van der Waals surface area contributed by atoms with Crippen molar-refractivity contribution in [1.29, 1.82) is 0 Å². The molecule has 1 fully saturated rings. The van der Waals surface area contributed by atoms with E-state index in [1.807, 2.05) is 53.4 Å². The molecule has 0 atom stereocenters. The topological polar surface area (TPSA) is 71.1 Å². The van der Waals surface area contributed by atoms with Gasteiger partial charge in [-0.1, -0.05) is 30.3 Å². The number of benzene rings is 3. The van der Waals surface area contributed by atoms with Crippen LogP contribution >= 0.6 is 0 Å². The Balaban J connectivity index is 1.26. The number of nitrogens with zero attached hydrogens (tertiary/aromatic N) is 2. The van der Waals surface area contributed by atoms with Crippen molar-refractivity contribution in [2.45, 2.75) is 6.54 Å². The Labute approximate surface area is 198 Å². The summed E-state index contributed by atoms with van der Waals surface area (Å²) in [5.41, 5.74) is 4.17. The second-order valence-corrected chi connectivity index (χ2v) is 8.63. The lowest BCUT2D eigenvalue weighted by atomic mass is 10.0. The molecule has 2 amide bonds. The van der Waals surface area contributed by atoms with Gasteiger partial charge < -0.3 is 24.6 Å². The first-order chi connectivity index (χ1) is 16.6. The lowest BCUT2D eigenvalue weighted by Crippen LogP contribution is -2.47. The van der Waals surface area contributed by atoms with Crippen LogP contribution in [0, 0.1) is 0 Å². The molecule has 174 valence electrons. The van der Waals surface area contributed by atoms with Crippen LogP contribution < -0.4 is 14.8 Å². The third-order valence-electron chi connectivity index (χ3n) is 6.25. The highest BCUT2D eigenvalue weighted by molar-refractivity contribution is 5.96. The van der Waals surface area contributed by atoms with E-state index in [2.05, 4.69) is 17.3 Å². The fourth-order valence-electron chi connectivity index (χ4n) is 4.21. The van der Waals surface area contributed by atoms with Gasteiger partial charge in [0.25, 0.3) is 11.8 Å². The largest absolute Gasteiger partial charge is 0.454 e. The molecule has 5 rings (SSSR count). The van der Waals surface area contributed by atoms with E-state index in [9.17, 15) is 9.59 Å². The van der Waals surface area contributed by atoms with Crippen molar-refractivity contribution < 1.29 is 19.1 Å². The third-order valence-corrected chi connectivity index (χ3v) is 6.25. The Bertz CT molecular complexity index is 1220. The number of carbonyl (C=O) groups is 2. The molecule has 0 unspecified atom stereocenters. The normalized spacial score (nSPS) is 15.3. The molecule has 0 aliphatic carbocycles. The first kappa shape index (κ1) is 22.0. The van der Waals surface area contributed by atoms with Crippen LogP contribution in [-0.4, -0.2) is 61.6 Å². The average Bonchev–Trinajstić information content (AvgIpc) is 3.36. The van der Waals surface area contributed by atoms with Crippen LogP contribution in [0.15, 0.2) is 66.7 Å². The van der Waals surface area contributed by atoms with Crippen LogP contribution in [0.5, 0.6) is 11.5 Å². The molecule has 2 aliphatic heterocycles. The van der Waals surface area contributed by atoms with E-state index in [1.165, 1.54) is 0 Å². The number of carbonyl (C=O) groups excluding carboxylic acids is 2. The summed E-state index contributed by atoms with van der Waals surface area (Å²) >= 11 is 0. The highest BCUT2D eigenvalue weighted by Crippen LogP contribution is 2.32. The minimum Gasteiger partial charge on any atom is -0.454 e. The highest BCUT2D eigenvalue weighted by Gasteiger charge is 2.20. The van der Waals surface area contributed by atoms with Gasteiger partial charge in [0.15, 0.2) is 11.5 Å². The van der Waals surface area contributed by atoms with Gasteiger partial charge in [-0.15, -0.1) is 0 Å². The summed E-state index contributed by atoms with van der Waals surface area (Å²) in [4.78, 5) is 29.7. The van der Waals surface area contributed by atoms with Crippen LogP contribution in [0.25, 0.3) is 11.1 Å². The molecular weight excluding hydrogens is 430 g/mol. The SMILES string of the molecule is CN1CCN(C(=O)c2cccc(-c3cccc(CNC(=O)c4ccc5c(c4)OCO5)c3)c2)CC1. The van der Waals surface area contributed by atoms with Crippen LogP contribution in [-0.2, 0) is 6.54 Å². The van der Waals surface area contributed by atoms with Crippen molar-refractivity contribution in [2.24, 2.45) is 0 Å². The van der Waals surface area contributed by atoms with Gasteiger partial charge in [-0.05, 0) is 60.1 Å². The van der Waals surface area contributed by atoms with E-state index in [4.69, 9.17) is 9.47 Å². The van der Waals surface area contributed by atoms with Crippen LogP contribution in [0.2, 0.25) is 0 Å². The smallest absolute Gasteiger partial charge is 0.253 e. The molecule has 7 nitrogen and oxygen atoms in total. The van der Waals surface area contributed by atoms with Crippen molar-refractivity contribution >= 4 is 11.8 Å². The Morgan fingerprint density at radius 2 is 1.56 bits per heavy atom. The number of amides is 2. The summed E-state index contributed by atoms with van der Waals surface area (Å²) in [6, 6.07) is 20.9. The highest BCUT2D eigenvalue weighted by atomic mass is 16.7. The lowest BCUT2D eigenvalue weighted by molar-refractivity contribution is 0.0664. The predicted octanol–water partition coefficient (Wildman–Crippen LogP) is 3.40. The average molecular weight is 458 g/mol. The van der Waals surface area contributed by atoms with E-state index >= 15 is 0 Å². The monoisotopic (exact) mass is 457 g/mol. The van der Waals surface area contributed by atoms with Crippen molar-refractivity contribution in [2.75, 3.05) is 40.0 Å². The Morgan fingerprint density at radius 1 is 0.824 bits per heavy atom. The first-order valence-corrected chi connectivity index (χ1v) is 11.4. The zero-order valence-electron chi connectivity index (χ0n) is 19.1. The second kappa shape index (κ2) is 9.57. The summed E-state index contributed by atoms with van der Waals surface area (Å²) in [5, 5.41) is 2.96. The fourth-order valence-corrected chi connectivity index (χ4v) is 4.21. The number of rotatable bonds is 5. The molecule has 3 aromatic rings. The van der Waals surface area contributed by atoms with Crippen LogP contribution in [0.1, 0.15) is 26.3 Å². The molecule has 3 aromatic carbocycles. The number of ether oxygens (including phenoxy) is 2. The summed E-state index contributed by atoms with van der Waals surface area (Å²) in [6.07, 6.45) is 0. The summed E-state index contributed by atoms with van der Waals surface area (Å²) in [6.45, 7) is 3.85. The standard InChI is InChI=1S/C27H27N3O4/c1-29-10-12-30(13-11-29)27(32)23-7-3-6-21(15-23)20-5-2-4-19(14-20)17-28-26(31)22-8-9-24-25(16-22)34-18-33-24/h2-9,14-16H,10-13,17-18H2,1H3,(H,28,31). The molecule has 7 heteroatoms.